The minimum atomic E-state index is 0.821. The van der Waals surface area contributed by atoms with Crippen LogP contribution >= 0.6 is 0 Å². The summed E-state index contributed by atoms with van der Waals surface area (Å²) >= 11 is 0. The largest absolute Gasteiger partial charge is 0.370 e. The van der Waals surface area contributed by atoms with Gasteiger partial charge in [-0.05, 0) is 57.2 Å². The normalized spacial score (nSPS) is 27.1. The molecule has 20 heavy (non-hydrogen) atoms. The van der Waals surface area contributed by atoms with Gasteiger partial charge in [0, 0.05) is 19.1 Å². The zero-order valence-corrected chi connectivity index (χ0v) is 12.6. The maximum atomic E-state index is 4.74. The number of piperidine rings is 1. The van der Waals surface area contributed by atoms with Gasteiger partial charge >= 0.3 is 0 Å². The summed E-state index contributed by atoms with van der Waals surface area (Å²) in [7, 11) is 0. The number of hydrogen-bond donors (Lipinski definition) is 1. The molecule has 2 unspecified atom stereocenters. The Labute approximate surface area is 122 Å². The number of aromatic nitrogens is 1. The van der Waals surface area contributed by atoms with Crippen molar-refractivity contribution in [3.05, 3.63) is 23.9 Å². The summed E-state index contributed by atoms with van der Waals surface area (Å²) in [6.45, 7) is 5.34. The van der Waals surface area contributed by atoms with Gasteiger partial charge in [-0.1, -0.05) is 18.9 Å². The number of rotatable bonds is 4. The van der Waals surface area contributed by atoms with Gasteiger partial charge < -0.3 is 5.32 Å². The first-order valence-corrected chi connectivity index (χ1v) is 8.30. The molecule has 2 atom stereocenters. The lowest BCUT2D eigenvalue weighted by atomic mass is 9.78. The fourth-order valence-electron chi connectivity index (χ4n) is 3.98. The molecule has 0 amide bonds. The quantitative estimate of drug-likeness (QED) is 0.907. The molecule has 2 fully saturated rings. The average Bonchev–Trinajstić information content (AvgIpc) is 2.48. The van der Waals surface area contributed by atoms with Crippen LogP contribution in [0.15, 0.2) is 18.2 Å². The number of fused-ring (bicyclic) bond motifs is 1. The van der Waals surface area contributed by atoms with Crippen LogP contribution in [0.1, 0.15) is 51.1 Å². The maximum Gasteiger partial charge on any atom is 0.126 e. The fourth-order valence-corrected chi connectivity index (χ4v) is 3.98. The highest BCUT2D eigenvalue weighted by atomic mass is 15.2. The molecule has 1 saturated carbocycles. The highest BCUT2D eigenvalue weighted by Crippen LogP contribution is 2.35. The van der Waals surface area contributed by atoms with Crippen LogP contribution < -0.4 is 5.32 Å². The number of likely N-dealkylation sites (tertiary alicyclic amines) is 1. The van der Waals surface area contributed by atoms with Crippen molar-refractivity contribution in [3.63, 3.8) is 0 Å². The maximum absolute atomic E-state index is 4.74. The highest BCUT2D eigenvalue weighted by molar-refractivity contribution is 5.35. The van der Waals surface area contributed by atoms with Gasteiger partial charge in [0.05, 0.1) is 5.69 Å². The molecule has 0 aromatic carbocycles. The number of nitrogens with zero attached hydrogens (tertiary/aromatic N) is 2. The smallest absolute Gasteiger partial charge is 0.126 e. The molecule has 1 aliphatic carbocycles. The van der Waals surface area contributed by atoms with E-state index in [9.17, 15) is 0 Å². The molecule has 3 heteroatoms. The van der Waals surface area contributed by atoms with E-state index in [2.05, 4.69) is 35.3 Å². The van der Waals surface area contributed by atoms with E-state index < -0.39 is 0 Å². The van der Waals surface area contributed by atoms with Crippen molar-refractivity contribution in [1.29, 1.82) is 0 Å². The molecule has 0 spiro atoms. The van der Waals surface area contributed by atoms with Gasteiger partial charge in [-0.15, -0.1) is 0 Å². The third-order valence-corrected chi connectivity index (χ3v) is 4.89. The predicted octanol–water partition coefficient (Wildman–Crippen LogP) is 3.67. The second-order valence-electron chi connectivity index (χ2n) is 6.27. The van der Waals surface area contributed by atoms with Gasteiger partial charge in [0.25, 0.3) is 0 Å². The third kappa shape index (κ3) is 3.14. The molecule has 1 aromatic rings. The molecule has 2 aliphatic rings. The van der Waals surface area contributed by atoms with Gasteiger partial charge in [0.2, 0.25) is 0 Å². The topological polar surface area (TPSA) is 28.2 Å². The Morgan fingerprint density at radius 1 is 1.20 bits per heavy atom. The second-order valence-corrected chi connectivity index (χ2v) is 6.27. The highest BCUT2D eigenvalue weighted by Gasteiger charge is 2.33. The lowest BCUT2D eigenvalue weighted by Crippen LogP contribution is -2.46. The number of anilines is 1. The van der Waals surface area contributed by atoms with Crippen molar-refractivity contribution in [1.82, 2.24) is 9.88 Å². The van der Waals surface area contributed by atoms with Crippen molar-refractivity contribution < 1.29 is 0 Å². The van der Waals surface area contributed by atoms with Crippen molar-refractivity contribution in [2.24, 2.45) is 5.92 Å². The predicted molar refractivity (Wildman–Crippen MR) is 83.8 cm³/mol. The van der Waals surface area contributed by atoms with Crippen LogP contribution in [-0.2, 0) is 6.54 Å². The van der Waals surface area contributed by atoms with E-state index in [1.165, 1.54) is 50.8 Å². The van der Waals surface area contributed by atoms with Crippen LogP contribution in [-0.4, -0.2) is 29.0 Å². The molecule has 1 saturated heterocycles. The van der Waals surface area contributed by atoms with E-state index >= 15 is 0 Å². The number of pyridine rings is 1. The summed E-state index contributed by atoms with van der Waals surface area (Å²) in [5.74, 6) is 1.97. The first kappa shape index (κ1) is 13.9. The van der Waals surface area contributed by atoms with Crippen LogP contribution in [0.5, 0.6) is 0 Å². The van der Waals surface area contributed by atoms with E-state index in [1.807, 2.05) is 0 Å². The van der Waals surface area contributed by atoms with Gasteiger partial charge in [-0.3, -0.25) is 4.90 Å². The van der Waals surface area contributed by atoms with E-state index in [1.54, 1.807) is 0 Å². The molecule has 3 nitrogen and oxygen atoms in total. The van der Waals surface area contributed by atoms with Crippen LogP contribution in [0.2, 0.25) is 0 Å². The zero-order chi connectivity index (χ0) is 13.8. The summed E-state index contributed by atoms with van der Waals surface area (Å²) in [5, 5.41) is 3.31. The van der Waals surface area contributed by atoms with E-state index in [4.69, 9.17) is 4.98 Å². The van der Waals surface area contributed by atoms with Crippen LogP contribution in [0.4, 0.5) is 5.82 Å². The van der Waals surface area contributed by atoms with Gasteiger partial charge in [0.15, 0.2) is 0 Å². The Balaban J connectivity index is 1.68. The van der Waals surface area contributed by atoms with Crippen LogP contribution in [0.25, 0.3) is 0 Å². The molecule has 1 N–H and O–H groups in total. The monoisotopic (exact) mass is 273 g/mol. The summed E-state index contributed by atoms with van der Waals surface area (Å²) in [6, 6.07) is 7.18. The molecular formula is C17H27N3. The fraction of sp³-hybridized carbons (Fsp3) is 0.706. The van der Waals surface area contributed by atoms with Crippen molar-refractivity contribution in [2.75, 3.05) is 18.4 Å². The average molecular weight is 273 g/mol. The summed E-state index contributed by atoms with van der Waals surface area (Å²) in [4.78, 5) is 7.44. The Hall–Kier alpha value is -1.09. The molecule has 0 bridgehead atoms. The molecule has 110 valence electrons. The lowest BCUT2D eigenvalue weighted by molar-refractivity contribution is 0.0538. The third-order valence-electron chi connectivity index (χ3n) is 4.89. The lowest BCUT2D eigenvalue weighted by Gasteiger charge is -2.44. The molecule has 1 aliphatic heterocycles. The number of nitrogens with one attached hydrogen (secondary N) is 1. The first-order chi connectivity index (χ1) is 9.86. The molecular weight excluding hydrogens is 246 g/mol. The van der Waals surface area contributed by atoms with Crippen LogP contribution in [0, 0.1) is 5.92 Å². The summed E-state index contributed by atoms with van der Waals surface area (Å²) in [6.07, 6.45) is 8.54. The van der Waals surface area contributed by atoms with Crippen molar-refractivity contribution in [3.8, 4) is 0 Å². The van der Waals surface area contributed by atoms with E-state index in [-0.39, 0.29) is 0 Å². The Kier molecular flexibility index (Phi) is 4.56. The Morgan fingerprint density at radius 2 is 2.05 bits per heavy atom. The minimum absolute atomic E-state index is 0.821. The summed E-state index contributed by atoms with van der Waals surface area (Å²) in [5.41, 5.74) is 1.22. The standard InChI is InChI=1S/C17H27N3/c1-2-18-17-11-5-9-15(19-17)13-20-12-6-8-14-7-3-4-10-16(14)20/h5,9,11,14,16H,2-4,6-8,10,12-13H2,1H3,(H,18,19). The SMILES string of the molecule is CCNc1cccc(CN2CCCC3CCCCC32)n1. The molecule has 3 rings (SSSR count). The first-order valence-electron chi connectivity index (χ1n) is 8.30. The molecule has 0 radical (unpaired) electrons. The molecule has 1 aromatic heterocycles. The van der Waals surface area contributed by atoms with Gasteiger partial charge in [0.1, 0.15) is 5.82 Å². The number of hydrogen-bond acceptors (Lipinski definition) is 3. The van der Waals surface area contributed by atoms with Crippen LogP contribution in [0.3, 0.4) is 0 Å². The summed E-state index contributed by atoms with van der Waals surface area (Å²) < 4.78 is 0. The second kappa shape index (κ2) is 6.57. The Bertz CT molecular complexity index is 430. The van der Waals surface area contributed by atoms with Crippen molar-refractivity contribution in [2.45, 2.75) is 58.0 Å². The minimum Gasteiger partial charge on any atom is -0.370 e. The van der Waals surface area contributed by atoms with Gasteiger partial charge in [-0.2, -0.15) is 0 Å². The van der Waals surface area contributed by atoms with Crippen molar-refractivity contribution >= 4 is 5.82 Å². The zero-order valence-electron chi connectivity index (χ0n) is 12.6. The molecule has 2 heterocycles. The van der Waals surface area contributed by atoms with E-state index in [0.29, 0.717) is 0 Å². The Morgan fingerprint density at radius 3 is 2.95 bits per heavy atom. The van der Waals surface area contributed by atoms with Gasteiger partial charge in [-0.25, -0.2) is 4.98 Å². The van der Waals surface area contributed by atoms with E-state index in [0.717, 1.165) is 30.9 Å².